The van der Waals surface area contributed by atoms with Gasteiger partial charge >= 0.3 is 0 Å². The predicted molar refractivity (Wildman–Crippen MR) is 120 cm³/mol. The van der Waals surface area contributed by atoms with Crippen molar-refractivity contribution in [2.24, 2.45) is 0 Å². The summed E-state index contributed by atoms with van der Waals surface area (Å²) in [6.45, 7) is 1.45. The third kappa shape index (κ3) is 4.74. The molecule has 0 unspecified atom stereocenters. The van der Waals surface area contributed by atoms with Gasteiger partial charge in [0.05, 0.1) is 18.3 Å². The third-order valence-electron chi connectivity index (χ3n) is 6.11. The van der Waals surface area contributed by atoms with E-state index in [4.69, 9.17) is 0 Å². The number of aromatic nitrogens is 4. The SMILES string of the molecule is C.OC1CCC(Nc2ncc3nc(Nc4c(F)cc(F)cc4F)n([C@@H]4CCNC4)c3n2)CC1. The third-order valence-corrected chi connectivity index (χ3v) is 6.11. The molecule has 33 heavy (non-hydrogen) atoms. The number of hydrogen-bond acceptors (Lipinski definition) is 7. The van der Waals surface area contributed by atoms with Crippen molar-refractivity contribution < 1.29 is 18.3 Å². The summed E-state index contributed by atoms with van der Waals surface area (Å²) in [7, 11) is 0. The number of aliphatic hydroxyl groups excluding tert-OH is 1. The van der Waals surface area contributed by atoms with E-state index in [2.05, 4.69) is 30.9 Å². The second-order valence-corrected chi connectivity index (χ2v) is 8.37. The lowest BCUT2D eigenvalue weighted by molar-refractivity contribution is 0.126. The number of imidazole rings is 1. The number of nitrogens with zero attached hydrogens (tertiary/aromatic N) is 4. The summed E-state index contributed by atoms with van der Waals surface area (Å²) in [5.41, 5.74) is 0.547. The number of anilines is 3. The van der Waals surface area contributed by atoms with Crippen molar-refractivity contribution in [2.75, 3.05) is 23.7 Å². The van der Waals surface area contributed by atoms with E-state index in [9.17, 15) is 18.3 Å². The van der Waals surface area contributed by atoms with Crippen molar-refractivity contribution in [3.05, 3.63) is 35.8 Å². The zero-order valence-electron chi connectivity index (χ0n) is 17.3. The van der Waals surface area contributed by atoms with Crippen LogP contribution in [0.25, 0.3) is 11.2 Å². The molecule has 11 heteroatoms. The Morgan fingerprint density at radius 1 is 1.03 bits per heavy atom. The predicted octanol–water partition coefficient (Wildman–Crippen LogP) is 3.87. The first-order chi connectivity index (χ1) is 15.5. The Morgan fingerprint density at radius 3 is 2.42 bits per heavy atom. The minimum absolute atomic E-state index is 0. The molecular formula is C22H28F3N7O. The first-order valence-electron chi connectivity index (χ1n) is 10.8. The van der Waals surface area contributed by atoms with Crippen LogP contribution in [0.1, 0.15) is 45.6 Å². The van der Waals surface area contributed by atoms with Gasteiger partial charge in [-0.15, -0.1) is 0 Å². The second kappa shape index (κ2) is 9.52. The Balaban J connectivity index is 0.00000259. The number of halogens is 3. The number of fused-ring (bicyclic) bond motifs is 1. The van der Waals surface area contributed by atoms with Gasteiger partial charge in [-0.05, 0) is 38.6 Å². The van der Waals surface area contributed by atoms with Gasteiger partial charge in [0.1, 0.15) is 17.0 Å². The van der Waals surface area contributed by atoms with Crippen molar-refractivity contribution in [3.8, 4) is 0 Å². The van der Waals surface area contributed by atoms with Crippen LogP contribution in [0.5, 0.6) is 0 Å². The highest BCUT2D eigenvalue weighted by atomic mass is 19.1. The molecule has 1 aliphatic carbocycles. The van der Waals surface area contributed by atoms with Crippen LogP contribution in [0.4, 0.5) is 30.8 Å². The molecule has 2 fully saturated rings. The van der Waals surface area contributed by atoms with Crippen molar-refractivity contribution in [2.45, 2.75) is 57.7 Å². The van der Waals surface area contributed by atoms with Crippen molar-refractivity contribution in [3.63, 3.8) is 0 Å². The average molecular weight is 464 g/mol. The largest absolute Gasteiger partial charge is 0.393 e. The van der Waals surface area contributed by atoms with Crippen LogP contribution in [0.2, 0.25) is 0 Å². The van der Waals surface area contributed by atoms with E-state index >= 15 is 0 Å². The number of rotatable bonds is 5. The molecule has 1 saturated carbocycles. The van der Waals surface area contributed by atoms with Gasteiger partial charge < -0.3 is 21.1 Å². The molecule has 2 aromatic heterocycles. The van der Waals surface area contributed by atoms with Crippen molar-refractivity contribution in [1.29, 1.82) is 0 Å². The van der Waals surface area contributed by atoms with Gasteiger partial charge in [-0.25, -0.2) is 23.1 Å². The van der Waals surface area contributed by atoms with Crippen LogP contribution >= 0.6 is 0 Å². The fraction of sp³-hybridized carbons (Fsp3) is 0.500. The highest BCUT2D eigenvalue weighted by Gasteiger charge is 2.26. The summed E-state index contributed by atoms with van der Waals surface area (Å²) in [5.74, 6) is -2.42. The quantitative estimate of drug-likeness (QED) is 0.456. The molecule has 0 radical (unpaired) electrons. The van der Waals surface area contributed by atoms with Crippen LogP contribution < -0.4 is 16.0 Å². The van der Waals surface area contributed by atoms with Gasteiger partial charge in [0.25, 0.3) is 0 Å². The zero-order chi connectivity index (χ0) is 22.2. The number of hydrogen-bond donors (Lipinski definition) is 4. The maximum absolute atomic E-state index is 14.3. The molecule has 5 rings (SSSR count). The monoisotopic (exact) mass is 463 g/mol. The Bertz CT molecular complexity index is 1100. The molecule has 3 aromatic rings. The molecule has 0 bridgehead atoms. The first kappa shape index (κ1) is 23.2. The van der Waals surface area contributed by atoms with Gasteiger partial charge in [0.15, 0.2) is 17.3 Å². The van der Waals surface area contributed by atoms with Crippen molar-refractivity contribution >= 4 is 28.7 Å². The van der Waals surface area contributed by atoms with E-state index in [1.54, 1.807) is 6.20 Å². The summed E-state index contributed by atoms with van der Waals surface area (Å²) in [6, 6.07) is 1.39. The molecule has 2 aliphatic rings. The summed E-state index contributed by atoms with van der Waals surface area (Å²) in [4.78, 5) is 13.5. The van der Waals surface area contributed by atoms with E-state index in [0.717, 1.165) is 38.6 Å². The smallest absolute Gasteiger partial charge is 0.224 e. The van der Waals surface area contributed by atoms with Crippen LogP contribution in [0, 0.1) is 17.5 Å². The zero-order valence-corrected chi connectivity index (χ0v) is 17.3. The average Bonchev–Trinajstić information content (AvgIpc) is 3.39. The standard InChI is InChI=1S/C21H24F3N7O.CH4/c22-11-7-15(23)18(16(24)8-11)29-21-28-17-10-26-20(27-12-1-3-14(32)4-2-12)30-19(17)31(21)13-5-6-25-9-13;/h7-8,10,12-14,25,32H,1-6,9H2,(H,28,29)(H,26,27,30);1H4/t12?,13-,14?;/m1./s1. The fourth-order valence-corrected chi connectivity index (χ4v) is 4.43. The number of benzene rings is 1. The minimum atomic E-state index is -1.04. The molecule has 178 valence electrons. The molecule has 8 nitrogen and oxygen atoms in total. The van der Waals surface area contributed by atoms with E-state index < -0.39 is 23.1 Å². The lowest BCUT2D eigenvalue weighted by atomic mass is 9.93. The molecule has 1 aromatic carbocycles. The Labute approximate surface area is 189 Å². The van der Waals surface area contributed by atoms with Gasteiger partial charge in [-0.2, -0.15) is 4.98 Å². The highest BCUT2D eigenvalue weighted by molar-refractivity contribution is 5.76. The van der Waals surface area contributed by atoms with Gasteiger partial charge in [-0.3, -0.25) is 4.57 Å². The summed E-state index contributed by atoms with van der Waals surface area (Å²) in [6.07, 6.45) is 5.22. The summed E-state index contributed by atoms with van der Waals surface area (Å²) < 4.78 is 43.7. The Hall–Kier alpha value is -2.92. The van der Waals surface area contributed by atoms with Crippen LogP contribution in [-0.2, 0) is 0 Å². The Kier molecular flexibility index (Phi) is 6.71. The molecule has 4 N–H and O–H groups in total. The van der Waals surface area contributed by atoms with Crippen LogP contribution in [0.15, 0.2) is 18.3 Å². The maximum Gasteiger partial charge on any atom is 0.224 e. The molecule has 3 heterocycles. The van der Waals surface area contributed by atoms with E-state index in [-0.39, 0.29) is 31.6 Å². The lowest BCUT2D eigenvalue weighted by Crippen LogP contribution is -2.29. The van der Waals surface area contributed by atoms with E-state index in [1.807, 2.05) is 4.57 Å². The summed E-state index contributed by atoms with van der Waals surface area (Å²) in [5, 5.41) is 19.0. The molecule has 1 aliphatic heterocycles. The normalized spacial score (nSPS) is 22.8. The lowest BCUT2D eigenvalue weighted by Gasteiger charge is -2.26. The van der Waals surface area contributed by atoms with E-state index in [0.29, 0.717) is 35.8 Å². The van der Waals surface area contributed by atoms with E-state index in [1.165, 1.54) is 0 Å². The molecule has 0 amide bonds. The molecule has 1 saturated heterocycles. The maximum atomic E-state index is 14.3. The fourth-order valence-electron chi connectivity index (χ4n) is 4.43. The Morgan fingerprint density at radius 2 is 1.76 bits per heavy atom. The topological polar surface area (TPSA) is 99.9 Å². The highest BCUT2D eigenvalue weighted by Crippen LogP contribution is 2.31. The van der Waals surface area contributed by atoms with Crippen LogP contribution in [-0.4, -0.2) is 49.9 Å². The molecular weight excluding hydrogens is 435 g/mol. The number of nitrogens with one attached hydrogen (secondary N) is 3. The van der Waals surface area contributed by atoms with Gasteiger partial charge in [0, 0.05) is 24.7 Å². The van der Waals surface area contributed by atoms with Crippen LogP contribution in [0.3, 0.4) is 0 Å². The minimum Gasteiger partial charge on any atom is -0.393 e. The first-order valence-corrected chi connectivity index (χ1v) is 10.8. The summed E-state index contributed by atoms with van der Waals surface area (Å²) >= 11 is 0. The number of aliphatic hydroxyl groups is 1. The second-order valence-electron chi connectivity index (χ2n) is 8.37. The van der Waals surface area contributed by atoms with Gasteiger partial charge in [-0.1, -0.05) is 7.43 Å². The molecule has 0 spiro atoms. The van der Waals surface area contributed by atoms with Gasteiger partial charge in [0.2, 0.25) is 11.9 Å². The molecule has 1 atom stereocenters. The van der Waals surface area contributed by atoms with Crippen molar-refractivity contribution in [1.82, 2.24) is 24.8 Å².